The van der Waals surface area contributed by atoms with E-state index in [0.717, 1.165) is 0 Å². The molecule has 3 aliphatic carbocycles. The van der Waals surface area contributed by atoms with Gasteiger partial charge in [0, 0.05) is 27.8 Å². The minimum absolute atomic E-state index is 0.0109. The van der Waals surface area contributed by atoms with Crippen molar-refractivity contribution < 1.29 is 0 Å². The average molecular weight is 706 g/mol. The van der Waals surface area contributed by atoms with E-state index < -0.39 is 0 Å². The van der Waals surface area contributed by atoms with Crippen LogP contribution in [0.4, 0.5) is 17.1 Å². The van der Waals surface area contributed by atoms with E-state index >= 15 is 0 Å². The van der Waals surface area contributed by atoms with Crippen molar-refractivity contribution >= 4 is 17.1 Å². The first-order valence-corrected chi connectivity index (χ1v) is 20.3. The van der Waals surface area contributed by atoms with Gasteiger partial charge in [-0.05, 0) is 115 Å². The van der Waals surface area contributed by atoms with Crippen molar-refractivity contribution in [3.8, 4) is 33.4 Å². The quantitative estimate of drug-likeness (QED) is 0.176. The number of hydrogen-bond donors (Lipinski definition) is 0. The molecule has 0 amide bonds. The van der Waals surface area contributed by atoms with Crippen molar-refractivity contribution in [3.63, 3.8) is 0 Å². The fourth-order valence-electron chi connectivity index (χ4n) is 10.3. The summed E-state index contributed by atoms with van der Waals surface area (Å²) in [7, 11) is 0. The second-order valence-electron chi connectivity index (χ2n) is 18.9. The first-order valence-electron chi connectivity index (χ1n) is 20.3. The molecule has 1 fully saturated rings. The zero-order valence-corrected chi connectivity index (χ0v) is 33.6. The lowest BCUT2D eigenvalue weighted by molar-refractivity contribution is 0.353. The van der Waals surface area contributed by atoms with E-state index in [-0.39, 0.29) is 21.7 Å². The zero-order chi connectivity index (χ0) is 37.6. The topological polar surface area (TPSA) is 3.24 Å². The number of fused-ring (bicyclic) bond motifs is 8. The molecule has 0 N–H and O–H groups in total. The molecule has 9 rings (SSSR count). The molecule has 3 aliphatic rings. The first-order chi connectivity index (χ1) is 25.8. The Bertz CT molecular complexity index is 2390. The van der Waals surface area contributed by atoms with Crippen LogP contribution in [0.3, 0.4) is 0 Å². The molecule has 1 spiro atoms. The molecule has 0 radical (unpaired) electrons. The van der Waals surface area contributed by atoms with Gasteiger partial charge in [-0.3, -0.25) is 0 Å². The van der Waals surface area contributed by atoms with Gasteiger partial charge in [0.1, 0.15) is 0 Å². The van der Waals surface area contributed by atoms with E-state index in [2.05, 4.69) is 188 Å². The molecule has 0 unspecified atom stereocenters. The SMILES string of the molecule is CC(C)(C)c1cc(N(c2ccc3c(c2)C2(CCCCC2)c2ccccc2-3)c2ccccc2-c2cccc3c2C(C)(C)c2ccccc2-3)cc(C(C)(C)C)c1. The molecule has 0 bridgehead atoms. The fraction of sp³-hybridized carbons (Fsp3) is 0.321. The van der Waals surface area contributed by atoms with E-state index in [1.165, 1.54) is 116 Å². The molecular formula is C53H55N. The van der Waals surface area contributed by atoms with Crippen LogP contribution in [0.25, 0.3) is 33.4 Å². The van der Waals surface area contributed by atoms with Crippen LogP contribution < -0.4 is 4.90 Å². The van der Waals surface area contributed by atoms with Crippen molar-refractivity contribution in [1.29, 1.82) is 0 Å². The van der Waals surface area contributed by atoms with Crippen LogP contribution in [0.1, 0.15) is 121 Å². The van der Waals surface area contributed by atoms with E-state index in [9.17, 15) is 0 Å². The summed E-state index contributed by atoms with van der Waals surface area (Å²) in [5.41, 5.74) is 20.4. The van der Waals surface area contributed by atoms with E-state index in [1.54, 1.807) is 0 Å². The lowest BCUT2D eigenvalue weighted by atomic mass is 9.68. The van der Waals surface area contributed by atoms with Gasteiger partial charge in [-0.2, -0.15) is 0 Å². The molecule has 0 atom stereocenters. The van der Waals surface area contributed by atoms with Crippen LogP contribution >= 0.6 is 0 Å². The zero-order valence-electron chi connectivity index (χ0n) is 33.6. The van der Waals surface area contributed by atoms with Crippen LogP contribution in [-0.2, 0) is 21.7 Å². The molecule has 6 aromatic rings. The fourth-order valence-corrected chi connectivity index (χ4v) is 10.3. The summed E-state index contributed by atoms with van der Waals surface area (Å²) in [6, 6.07) is 49.3. The first kappa shape index (κ1) is 34.9. The predicted molar refractivity (Wildman–Crippen MR) is 231 cm³/mol. The molecule has 0 heterocycles. The second-order valence-corrected chi connectivity index (χ2v) is 18.9. The number of para-hydroxylation sites is 1. The summed E-state index contributed by atoms with van der Waals surface area (Å²) < 4.78 is 0. The Hall–Kier alpha value is -4.88. The van der Waals surface area contributed by atoms with E-state index in [0.29, 0.717) is 0 Å². The van der Waals surface area contributed by atoms with Gasteiger partial charge in [-0.1, -0.05) is 172 Å². The van der Waals surface area contributed by atoms with Gasteiger partial charge >= 0.3 is 0 Å². The van der Waals surface area contributed by atoms with Gasteiger partial charge in [-0.25, -0.2) is 0 Å². The molecule has 6 aromatic carbocycles. The maximum Gasteiger partial charge on any atom is 0.0540 e. The minimum Gasteiger partial charge on any atom is -0.310 e. The molecule has 54 heavy (non-hydrogen) atoms. The number of benzene rings is 6. The smallest absolute Gasteiger partial charge is 0.0540 e. The van der Waals surface area contributed by atoms with Crippen molar-refractivity contribution in [1.82, 2.24) is 0 Å². The molecule has 272 valence electrons. The monoisotopic (exact) mass is 705 g/mol. The standard InChI is InChI=1S/C53H55N/c1-50(2,3)35-31-36(51(4,5)6)33-38(32-35)54(37-27-28-41-39-19-11-14-25-46(39)53(47(41)34-37)29-16-9-17-30-53)48-26-15-12-21-42(48)44-23-18-22-43-40-20-10-13-24-45(40)52(7,8)49(43)44/h10-15,18-28,31-34H,9,16-17,29-30H2,1-8H3. The van der Waals surface area contributed by atoms with Crippen LogP contribution in [0.2, 0.25) is 0 Å². The van der Waals surface area contributed by atoms with E-state index in [4.69, 9.17) is 0 Å². The maximum absolute atomic E-state index is 2.61. The Kier molecular flexibility index (Phi) is 7.95. The third-order valence-corrected chi connectivity index (χ3v) is 13.1. The van der Waals surface area contributed by atoms with Crippen molar-refractivity contribution in [2.45, 2.75) is 109 Å². The van der Waals surface area contributed by atoms with Crippen molar-refractivity contribution in [2.24, 2.45) is 0 Å². The number of hydrogen-bond acceptors (Lipinski definition) is 1. The Labute approximate surface area is 324 Å². The molecular weight excluding hydrogens is 651 g/mol. The largest absolute Gasteiger partial charge is 0.310 e. The average Bonchev–Trinajstić information content (AvgIpc) is 3.56. The Morgan fingerprint density at radius 1 is 0.444 bits per heavy atom. The van der Waals surface area contributed by atoms with Gasteiger partial charge in [0.15, 0.2) is 0 Å². The maximum atomic E-state index is 2.61. The van der Waals surface area contributed by atoms with Crippen LogP contribution in [0.15, 0.2) is 127 Å². The highest BCUT2D eigenvalue weighted by Crippen LogP contribution is 2.58. The molecule has 1 saturated carbocycles. The van der Waals surface area contributed by atoms with Gasteiger partial charge in [0.05, 0.1) is 5.69 Å². The van der Waals surface area contributed by atoms with Crippen molar-refractivity contribution in [2.75, 3.05) is 4.90 Å². The third kappa shape index (κ3) is 5.33. The Morgan fingerprint density at radius 2 is 0.963 bits per heavy atom. The number of anilines is 3. The Balaban J connectivity index is 1.32. The third-order valence-electron chi connectivity index (χ3n) is 13.1. The van der Waals surface area contributed by atoms with Crippen molar-refractivity contribution in [3.05, 3.63) is 161 Å². The highest BCUT2D eigenvalue weighted by molar-refractivity contribution is 5.95. The van der Waals surface area contributed by atoms with Crippen LogP contribution in [-0.4, -0.2) is 0 Å². The van der Waals surface area contributed by atoms with Gasteiger partial charge < -0.3 is 4.90 Å². The molecule has 0 saturated heterocycles. The highest BCUT2D eigenvalue weighted by atomic mass is 15.1. The molecule has 0 aromatic heterocycles. The lowest BCUT2D eigenvalue weighted by Crippen LogP contribution is -2.28. The summed E-state index contributed by atoms with van der Waals surface area (Å²) in [5.74, 6) is 0. The molecule has 0 aliphatic heterocycles. The summed E-state index contributed by atoms with van der Waals surface area (Å²) in [5, 5.41) is 0. The summed E-state index contributed by atoms with van der Waals surface area (Å²) >= 11 is 0. The van der Waals surface area contributed by atoms with Gasteiger partial charge in [0.25, 0.3) is 0 Å². The van der Waals surface area contributed by atoms with Crippen LogP contribution in [0, 0.1) is 0 Å². The number of rotatable bonds is 4. The summed E-state index contributed by atoms with van der Waals surface area (Å²) in [6.07, 6.45) is 6.33. The summed E-state index contributed by atoms with van der Waals surface area (Å²) in [6.45, 7) is 18.9. The normalized spacial score (nSPS) is 16.4. The molecule has 1 nitrogen and oxygen atoms in total. The Morgan fingerprint density at radius 3 is 1.61 bits per heavy atom. The second kappa shape index (κ2) is 12.3. The highest BCUT2D eigenvalue weighted by Gasteiger charge is 2.44. The van der Waals surface area contributed by atoms with E-state index in [1.807, 2.05) is 0 Å². The lowest BCUT2D eigenvalue weighted by Gasteiger charge is -2.37. The summed E-state index contributed by atoms with van der Waals surface area (Å²) in [4.78, 5) is 2.61. The van der Waals surface area contributed by atoms with Crippen LogP contribution in [0.5, 0.6) is 0 Å². The predicted octanol–water partition coefficient (Wildman–Crippen LogP) is 15.0. The molecule has 1 heteroatoms. The minimum atomic E-state index is -0.126. The van der Waals surface area contributed by atoms with Gasteiger partial charge in [-0.15, -0.1) is 0 Å². The van der Waals surface area contributed by atoms with Gasteiger partial charge in [0.2, 0.25) is 0 Å². The number of nitrogens with zero attached hydrogens (tertiary/aromatic N) is 1.